The third-order valence-corrected chi connectivity index (χ3v) is 3.95. The van der Waals surface area contributed by atoms with Crippen LogP contribution in [0.25, 0.3) is 22.6 Å². The maximum Gasteiger partial charge on any atom is 0.160 e. The monoisotopic (exact) mass is 310 g/mol. The number of hydrogen-bond donors (Lipinski definition) is 0. The van der Waals surface area contributed by atoms with E-state index in [4.69, 9.17) is 10.2 Å². The lowest BCUT2D eigenvalue weighted by atomic mass is 10.1. The molecule has 4 rings (SSSR count). The summed E-state index contributed by atoms with van der Waals surface area (Å²) in [6.45, 7) is 0.641. The molecule has 0 unspecified atom stereocenters. The molecule has 0 saturated heterocycles. The van der Waals surface area contributed by atoms with Gasteiger partial charge in [0.15, 0.2) is 5.82 Å². The van der Waals surface area contributed by atoms with Crippen molar-refractivity contribution >= 4 is 11.0 Å². The Labute approximate surface area is 139 Å². The number of fused-ring (bicyclic) bond motifs is 1. The Morgan fingerprint density at radius 2 is 1.83 bits per heavy atom. The minimum atomic E-state index is 0.641. The van der Waals surface area contributed by atoms with E-state index in [2.05, 4.69) is 21.7 Å². The van der Waals surface area contributed by atoms with Crippen LogP contribution >= 0.6 is 0 Å². The molecular formula is C20H14N4. The second-order valence-electron chi connectivity index (χ2n) is 5.54. The summed E-state index contributed by atoms with van der Waals surface area (Å²) in [6.07, 6.45) is 1.77. The summed E-state index contributed by atoms with van der Waals surface area (Å²) in [6, 6.07) is 23.7. The van der Waals surface area contributed by atoms with Gasteiger partial charge in [-0.1, -0.05) is 30.3 Å². The van der Waals surface area contributed by atoms with Crippen molar-refractivity contribution in [1.82, 2.24) is 14.5 Å². The van der Waals surface area contributed by atoms with Crippen molar-refractivity contribution in [2.45, 2.75) is 6.54 Å². The minimum absolute atomic E-state index is 0.641. The SMILES string of the molecule is N#Cc1cccc(Cn2c(-c3ccccn3)nc3ccccc32)c1. The fourth-order valence-electron chi connectivity index (χ4n) is 2.85. The number of para-hydroxylation sites is 2. The molecule has 0 aliphatic carbocycles. The largest absolute Gasteiger partial charge is 0.318 e. The van der Waals surface area contributed by atoms with E-state index in [1.165, 1.54) is 0 Å². The van der Waals surface area contributed by atoms with Crippen LogP contribution in [0.4, 0.5) is 0 Å². The first kappa shape index (κ1) is 14.2. The van der Waals surface area contributed by atoms with Crippen LogP contribution in [0.1, 0.15) is 11.1 Å². The van der Waals surface area contributed by atoms with Gasteiger partial charge in [-0.05, 0) is 42.0 Å². The molecule has 114 valence electrons. The van der Waals surface area contributed by atoms with Gasteiger partial charge in [-0.3, -0.25) is 4.98 Å². The molecule has 0 N–H and O–H groups in total. The zero-order chi connectivity index (χ0) is 16.4. The Kier molecular flexibility index (Phi) is 3.53. The summed E-state index contributed by atoms with van der Waals surface area (Å²) in [5.74, 6) is 0.833. The van der Waals surface area contributed by atoms with E-state index in [9.17, 15) is 0 Å². The van der Waals surface area contributed by atoms with Crippen molar-refractivity contribution in [3.8, 4) is 17.6 Å². The van der Waals surface area contributed by atoms with Crippen LogP contribution < -0.4 is 0 Å². The van der Waals surface area contributed by atoms with Crippen molar-refractivity contribution in [2.24, 2.45) is 0 Å². The number of benzene rings is 2. The third-order valence-electron chi connectivity index (χ3n) is 3.95. The lowest BCUT2D eigenvalue weighted by Gasteiger charge is -2.09. The van der Waals surface area contributed by atoms with E-state index in [0.29, 0.717) is 12.1 Å². The second kappa shape index (κ2) is 5.98. The molecule has 2 heterocycles. The van der Waals surface area contributed by atoms with Gasteiger partial charge in [0.25, 0.3) is 0 Å². The summed E-state index contributed by atoms with van der Waals surface area (Å²) in [5, 5.41) is 9.11. The zero-order valence-electron chi connectivity index (χ0n) is 12.9. The number of hydrogen-bond acceptors (Lipinski definition) is 3. The van der Waals surface area contributed by atoms with Gasteiger partial charge in [-0.25, -0.2) is 4.98 Å². The van der Waals surface area contributed by atoms with Gasteiger partial charge in [-0.15, -0.1) is 0 Å². The van der Waals surface area contributed by atoms with Crippen LogP contribution in [0.5, 0.6) is 0 Å². The van der Waals surface area contributed by atoms with Crippen molar-refractivity contribution < 1.29 is 0 Å². The van der Waals surface area contributed by atoms with Crippen LogP contribution in [0.3, 0.4) is 0 Å². The molecular weight excluding hydrogens is 296 g/mol. The molecule has 4 aromatic rings. The Morgan fingerprint density at radius 3 is 2.67 bits per heavy atom. The molecule has 0 radical (unpaired) electrons. The van der Waals surface area contributed by atoms with E-state index >= 15 is 0 Å². The van der Waals surface area contributed by atoms with Gasteiger partial charge in [0.2, 0.25) is 0 Å². The molecule has 0 aliphatic heterocycles. The average molecular weight is 310 g/mol. The van der Waals surface area contributed by atoms with E-state index in [0.717, 1.165) is 28.1 Å². The molecule has 4 nitrogen and oxygen atoms in total. The lowest BCUT2D eigenvalue weighted by Crippen LogP contribution is -2.03. The highest BCUT2D eigenvalue weighted by molar-refractivity contribution is 5.80. The van der Waals surface area contributed by atoms with Crippen molar-refractivity contribution in [2.75, 3.05) is 0 Å². The Hall–Kier alpha value is -3.45. The van der Waals surface area contributed by atoms with Gasteiger partial charge in [-0.2, -0.15) is 5.26 Å². The van der Waals surface area contributed by atoms with E-state index in [-0.39, 0.29) is 0 Å². The lowest BCUT2D eigenvalue weighted by molar-refractivity contribution is 0.830. The quantitative estimate of drug-likeness (QED) is 0.574. The van der Waals surface area contributed by atoms with Gasteiger partial charge in [0.05, 0.1) is 22.7 Å². The van der Waals surface area contributed by atoms with Crippen LogP contribution in [-0.4, -0.2) is 14.5 Å². The Bertz CT molecular complexity index is 1040. The number of rotatable bonds is 3. The van der Waals surface area contributed by atoms with E-state index in [1.807, 2.05) is 60.7 Å². The number of imidazole rings is 1. The van der Waals surface area contributed by atoms with Crippen LogP contribution in [-0.2, 0) is 6.54 Å². The molecule has 24 heavy (non-hydrogen) atoms. The van der Waals surface area contributed by atoms with Gasteiger partial charge in [0.1, 0.15) is 5.69 Å². The van der Waals surface area contributed by atoms with E-state index < -0.39 is 0 Å². The maximum absolute atomic E-state index is 9.11. The summed E-state index contributed by atoms with van der Waals surface area (Å²) in [4.78, 5) is 9.20. The Morgan fingerprint density at radius 1 is 0.958 bits per heavy atom. The van der Waals surface area contributed by atoms with Crippen molar-refractivity contribution in [3.63, 3.8) is 0 Å². The first-order chi connectivity index (χ1) is 11.8. The predicted octanol–water partition coefficient (Wildman–Crippen LogP) is 4.02. The summed E-state index contributed by atoms with van der Waals surface area (Å²) >= 11 is 0. The zero-order valence-corrected chi connectivity index (χ0v) is 12.9. The third kappa shape index (κ3) is 2.53. The number of nitrogens with zero attached hydrogens (tertiary/aromatic N) is 4. The highest BCUT2D eigenvalue weighted by atomic mass is 15.1. The molecule has 0 atom stereocenters. The molecule has 0 amide bonds. The fourth-order valence-corrected chi connectivity index (χ4v) is 2.85. The topological polar surface area (TPSA) is 54.5 Å². The molecule has 4 heteroatoms. The molecule has 2 aromatic carbocycles. The standard InChI is InChI=1S/C20H14N4/c21-13-15-6-5-7-16(12-15)14-24-19-10-2-1-8-17(19)23-20(24)18-9-3-4-11-22-18/h1-12H,14H2. The van der Waals surface area contributed by atoms with Gasteiger partial charge in [0, 0.05) is 12.7 Å². The molecule has 0 spiro atoms. The van der Waals surface area contributed by atoms with Crippen molar-refractivity contribution in [3.05, 3.63) is 84.1 Å². The smallest absolute Gasteiger partial charge is 0.160 e. The normalized spacial score (nSPS) is 10.6. The first-order valence-electron chi connectivity index (χ1n) is 7.71. The Balaban J connectivity index is 1.88. The molecule has 0 saturated carbocycles. The highest BCUT2D eigenvalue weighted by Crippen LogP contribution is 2.24. The number of aromatic nitrogens is 3. The first-order valence-corrected chi connectivity index (χ1v) is 7.71. The van der Waals surface area contributed by atoms with Gasteiger partial charge >= 0.3 is 0 Å². The van der Waals surface area contributed by atoms with Crippen LogP contribution in [0.15, 0.2) is 72.9 Å². The highest BCUT2D eigenvalue weighted by Gasteiger charge is 2.13. The van der Waals surface area contributed by atoms with Gasteiger partial charge < -0.3 is 4.57 Å². The number of nitriles is 1. The molecule has 2 aromatic heterocycles. The molecule has 0 bridgehead atoms. The molecule has 0 fully saturated rings. The van der Waals surface area contributed by atoms with E-state index in [1.54, 1.807) is 6.20 Å². The average Bonchev–Trinajstić information content (AvgIpc) is 3.01. The predicted molar refractivity (Wildman–Crippen MR) is 93.2 cm³/mol. The summed E-state index contributed by atoms with van der Waals surface area (Å²) in [7, 11) is 0. The summed E-state index contributed by atoms with van der Waals surface area (Å²) in [5.41, 5.74) is 4.56. The summed E-state index contributed by atoms with van der Waals surface area (Å²) < 4.78 is 2.15. The van der Waals surface area contributed by atoms with Crippen molar-refractivity contribution in [1.29, 1.82) is 5.26 Å². The number of pyridine rings is 1. The van der Waals surface area contributed by atoms with Crippen LogP contribution in [0, 0.1) is 11.3 Å². The second-order valence-corrected chi connectivity index (χ2v) is 5.54. The fraction of sp³-hybridized carbons (Fsp3) is 0.0500. The minimum Gasteiger partial charge on any atom is -0.318 e. The van der Waals surface area contributed by atoms with Crippen LogP contribution in [0.2, 0.25) is 0 Å². The maximum atomic E-state index is 9.11. The molecule has 0 aliphatic rings.